The third kappa shape index (κ3) is 4.03. The van der Waals surface area contributed by atoms with Gasteiger partial charge in [-0.1, -0.05) is 12.1 Å². The van der Waals surface area contributed by atoms with Gasteiger partial charge in [-0.3, -0.25) is 4.79 Å². The summed E-state index contributed by atoms with van der Waals surface area (Å²) in [5, 5.41) is 5.26. The molecular weight excluding hydrogens is 314 g/mol. The molecule has 1 aromatic rings. The molecule has 0 saturated carbocycles. The van der Waals surface area contributed by atoms with Gasteiger partial charge in [-0.05, 0) is 31.5 Å². The van der Waals surface area contributed by atoms with Gasteiger partial charge in [0.25, 0.3) is 5.91 Å². The lowest BCUT2D eigenvalue weighted by Crippen LogP contribution is -2.45. The third-order valence-corrected chi connectivity index (χ3v) is 3.36. The number of ether oxygens (including phenoxy) is 2. The minimum absolute atomic E-state index is 0.226. The number of hydrogen-bond acceptors (Lipinski definition) is 5. The Morgan fingerprint density at radius 3 is 2.50 bits per heavy atom. The van der Waals surface area contributed by atoms with Gasteiger partial charge in [0.05, 0.1) is 18.2 Å². The molecule has 0 aliphatic carbocycles. The van der Waals surface area contributed by atoms with Gasteiger partial charge in [0, 0.05) is 5.70 Å². The fourth-order valence-electron chi connectivity index (χ4n) is 2.33. The first-order chi connectivity index (χ1) is 11.4. The van der Waals surface area contributed by atoms with Gasteiger partial charge in [0.15, 0.2) is 6.61 Å². The topological polar surface area (TPSA) is 120 Å². The number of carbonyl (C=O) groups excluding carboxylic acids is 3. The van der Waals surface area contributed by atoms with E-state index in [2.05, 4.69) is 10.6 Å². The largest absolute Gasteiger partial charge is 0.484 e. The Balaban J connectivity index is 2.26. The number of carbonyl (C=O) groups is 3. The molecule has 1 aromatic carbocycles. The Kier molecular flexibility index (Phi) is 5.41. The van der Waals surface area contributed by atoms with E-state index in [0.717, 1.165) is 0 Å². The number of allylic oxidation sites excluding steroid dienone is 1. The average molecular weight is 333 g/mol. The Morgan fingerprint density at radius 1 is 1.25 bits per heavy atom. The molecule has 0 bridgehead atoms. The molecule has 2 rings (SSSR count). The summed E-state index contributed by atoms with van der Waals surface area (Å²) in [6.45, 7) is 3.36. The van der Waals surface area contributed by atoms with Crippen molar-refractivity contribution >= 4 is 17.9 Å². The number of esters is 1. The highest BCUT2D eigenvalue weighted by atomic mass is 16.5. The molecule has 4 N–H and O–H groups in total. The second kappa shape index (κ2) is 7.49. The Morgan fingerprint density at radius 2 is 1.92 bits per heavy atom. The lowest BCUT2D eigenvalue weighted by Gasteiger charge is -2.28. The van der Waals surface area contributed by atoms with Crippen LogP contribution in [-0.2, 0) is 14.3 Å². The summed E-state index contributed by atoms with van der Waals surface area (Å²) in [5.41, 5.74) is 6.48. The number of rotatable bonds is 6. The summed E-state index contributed by atoms with van der Waals surface area (Å²) in [4.78, 5) is 34.7. The van der Waals surface area contributed by atoms with Crippen LogP contribution in [0, 0.1) is 0 Å². The van der Waals surface area contributed by atoms with Crippen LogP contribution in [0.1, 0.15) is 25.5 Å². The normalized spacial score (nSPS) is 16.9. The highest BCUT2D eigenvalue weighted by Crippen LogP contribution is 2.28. The average Bonchev–Trinajstić information content (AvgIpc) is 2.52. The zero-order valence-corrected chi connectivity index (χ0v) is 13.4. The van der Waals surface area contributed by atoms with Crippen LogP contribution in [0.5, 0.6) is 5.75 Å². The lowest BCUT2D eigenvalue weighted by molar-refractivity contribution is -0.139. The number of nitrogens with one attached hydrogen (secondary N) is 2. The van der Waals surface area contributed by atoms with E-state index in [1.165, 1.54) is 0 Å². The molecule has 0 radical (unpaired) electrons. The number of amides is 3. The Bertz CT molecular complexity index is 681. The van der Waals surface area contributed by atoms with Crippen molar-refractivity contribution < 1.29 is 23.9 Å². The van der Waals surface area contributed by atoms with E-state index in [-0.39, 0.29) is 13.2 Å². The molecule has 0 aromatic heterocycles. The third-order valence-electron chi connectivity index (χ3n) is 3.36. The van der Waals surface area contributed by atoms with Crippen LogP contribution in [0.4, 0.5) is 4.79 Å². The standard InChI is InChI=1S/C16H19N3O5/c1-3-23-15(21)13-9(2)18-16(22)19-14(13)10-4-6-11(7-5-10)24-8-12(17)20/h4-7,14H,3,8H2,1-2H3,(H2,17,20)(H2,18,19,22). The summed E-state index contributed by atoms with van der Waals surface area (Å²) in [6.07, 6.45) is 0. The van der Waals surface area contributed by atoms with E-state index in [4.69, 9.17) is 15.2 Å². The molecule has 1 aliphatic rings. The molecular formula is C16H19N3O5. The second-order valence-corrected chi connectivity index (χ2v) is 5.11. The Labute approximate surface area is 139 Å². The summed E-state index contributed by atoms with van der Waals surface area (Å²) in [5.74, 6) is -0.620. The van der Waals surface area contributed by atoms with Gasteiger partial charge in [-0.15, -0.1) is 0 Å². The van der Waals surface area contributed by atoms with Crippen LogP contribution in [-0.4, -0.2) is 31.1 Å². The first-order valence-corrected chi connectivity index (χ1v) is 7.38. The van der Waals surface area contributed by atoms with E-state index in [1.54, 1.807) is 38.1 Å². The molecule has 3 amide bonds. The van der Waals surface area contributed by atoms with Gasteiger partial charge < -0.3 is 25.8 Å². The van der Waals surface area contributed by atoms with Crippen molar-refractivity contribution in [2.45, 2.75) is 19.9 Å². The number of benzene rings is 1. The van der Waals surface area contributed by atoms with Crippen molar-refractivity contribution in [3.63, 3.8) is 0 Å². The minimum atomic E-state index is -0.636. The molecule has 24 heavy (non-hydrogen) atoms. The van der Waals surface area contributed by atoms with Gasteiger partial charge >= 0.3 is 12.0 Å². The maximum atomic E-state index is 12.2. The zero-order valence-electron chi connectivity index (χ0n) is 13.4. The molecule has 1 heterocycles. The molecule has 8 nitrogen and oxygen atoms in total. The van der Waals surface area contributed by atoms with Crippen LogP contribution in [0.3, 0.4) is 0 Å². The fourth-order valence-corrected chi connectivity index (χ4v) is 2.33. The van der Waals surface area contributed by atoms with Crippen LogP contribution in [0.2, 0.25) is 0 Å². The number of primary amides is 1. The van der Waals surface area contributed by atoms with Gasteiger partial charge in [0.2, 0.25) is 0 Å². The molecule has 1 aliphatic heterocycles. The van der Waals surface area contributed by atoms with Crippen molar-refractivity contribution in [2.24, 2.45) is 5.73 Å². The highest BCUT2D eigenvalue weighted by molar-refractivity contribution is 5.95. The van der Waals surface area contributed by atoms with Crippen LogP contribution >= 0.6 is 0 Å². The molecule has 8 heteroatoms. The van der Waals surface area contributed by atoms with Crippen molar-refractivity contribution in [3.8, 4) is 5.75 Å². The van der Waals surface area contributed by atoms with E-state index >= 15 is 0 Å². The van der Waals surface area contributed by atoms with Crippen LogP contribution in [0.25, 0.3) is 0 Å². The maximum Gasteiger partial charge on any atom is 0.338 e. The first kappa shape index (κ1) is 17.3. The van der Waals surface area contributed by atoms with Crippen molar-refractivity contribution in [1.82, 2.24) is 10.6 Å². The van der Waals surface area contributed by atoms with Crippen LogP contribution < -0.4 is 21.1 Å². The monoisotopic (exact) mass is 333 g/mol. The summed E-state index contributed by atoms with van der Waals surface area (Å²) < 4.78 is 10.3. The van der Waals surface area contributed by atoms with Gasteiger partial charge in [-0.25, -0.2) is 9.59 Å². The van der Waals surface area contributed by atoms with E-state index < -0.39 is 23.9 Å². The zero-order chi connectivity index (χ0) is 17.7. The molecule has 0 fully saturated rings. The first-order valence-electron chi connectivity index (χ1n) is 7.38. The van der Waals surface area contributed by atoms with E-state index in [0.29, 0.717) is 22.6 Å². The van der Waals surface area contributed by atoms with E-state index in [1.807, 2.05) is 0 Å². The molecule has 1 atom stereocenters. The smallest absolute Gasteiger partial charge is 0.338 e. The molecule has 0 spiro atoms. The molecule has 1 unspecified atom stereocenters. The van der Waals surface area contributed by atoms with Crippen LogP contribution in [0.15, 0.2) is 35.5 Å². The van der Waals surface area contributed by atoms with Gasteiger partial charge in [0.1, 0.15) is 5.75 Å². The molecule has 0 saturated heterocycles. The molecule has 128 valence electrons. The number of hydrogen-bond donors (Lipinski definition) is 3. The van der Waals surface area contributed by atoms with Crippen molar-refractivity contribution in [2.75, 3.05) is 13.2 Å². The summed E-state index contributed by atoms with van der Waals surface area (Å²) in [6, 6.07) is 5.61. The fraction of sp³-hybridized carbons (Fsp3) is 0.312. The minimum Gasteiger partial charge on any atom is -0.484 e. The lowest BCUT2D eigenvalue weighted by atomic mass is 9.95. The summed E-state index contributed by atoms with van der Waals surface area (Å²) in [7, 11) is 0. The van der Waals surface area contributed by atoms with Gasteiger partial charge in [-0.2, -0.15) is 0 Å². The quantitative estimate of drug-likeness (QED) is 0.663. The number of urea groups is 1. The Hall–Kier alpha value is -3.03. The maximum absolute atomic E-state index is 12.2. The van der Waals surface area contributed by atoms with Crippen molar-refractivity contribution in [1.29, 1.82) is 0 Å². The summed E-state index contributed by atoms with van der Waals surface area (Å²) >= 11 is 0. The number of nitrogens with two attached hydrogens (primary N) is 1. The van der Waals surface area contributed by atoms with Crippen molar-refractivity contribution in [3.05, 3.63) is 41.1 Å². The SMILES string of the molecule is CCOC(=O)C1=C(C)NC(=O)NC1c1ccc(OCC(N)=O)cc1. The predicted molar refractivity (Wildman–Crippen MR) is 84.9 cm³/mol. The highest BCUT2D eigenvalue weighted by Gasteiger charge is 2.32. The second-order valence-electron chi connectivity index (χ2n) is 5.11. The predicted octanol–water partition coefficient (Wildman–Crippen LogP) is 0.742. The van der Waals surface area contributed by atoms with E-state index in [9.17, 15) is 14.4 Å².